The SMILES string of the molecule is Cc1nn(-c2ccccc2)cc1CCCNC(=O)c1nnn(-c2ccccc2)c1C1CC1. The minimum Gasteiger partial charge on any atom is -0.351 e. The lowest BCUT2D eigenvalue weighted by Crippen LogP contribution is -2.26. The average Bonchev–Trinajstić information content (AvgIpc) is 3.46. The molecule has 1 aliphatic carbocycles. The molecule has 0 spiro atoms. The van der Waals surface area contributed by atoms with Gasteiger partial charge in [-0.25, -0.2) is 9.36 Å². The van der Waals surface area contributed by atoms with Gasteiger partial charge in [0.05, 0.1) is 22.8 Å². The summed E-state index contributed by atoms with van der Waals surface area (Å²) in [5.74, 6) is 0.211. The molecule has 0 saturated heterocycles. The van der Waals surface area contributed by atoms with Gasteiger partial charge < -0.3 is 5.32 Å². The maximum absolute atomic E-state index is 12.9. The zero-order valence-electron chi connectivity index (χ0n) is 18.1. The highest BCUT2D eigenvalue weighted by Crippen LogP contribution is 2.41. The third kappa shape index (κ3) is 4.19. The van der Waals surface area contributed by atoms with Crippen LogP contribution in [-0.4, -0.2) is 37.2 Å². The number of aromatic nitrogens is 5. The molecule has 2 aromatic heterocycles. The van der Waals surface area contributed by atoms with Crippen molar-refractivity contribution in [2.75, 3.05) is 6.54 Å². The van der Waals surface area contributed by atoms with Gasteiger partial charge in [-0.3, -0.25) is 4.79 Å². The number of carbonyl (C=O) groups is 1. The van der Waals surface area contributed by atoms with E-state index < -0.39 is 0 Å². The van der Waals surface area contributed by atoms with Crippen LogP contribution in [0, 0.1) is 6.92 Å². The third-order valence-corrected chi connectivity index (χ3v) is 5.81. The lowest BCUT2D eigenvalue weighted by molar-refractivity contribution is 0.0947. The van der Waals surface area contributed by atoms with Crippen LogP contribution in [0.3, 0.4) is 0 Å². The Hall–Kier alpha value is -3.74. The van der Waals surface area contributed by atoms with Crippen LogP contribution in [0.15, 0.2) is 66.9 Å². The topological polar surface area (TPSA) is 77.6 Å². The van der Waals surface area contributed by atoms with Crippen molar-refractivity contribution in [3.63, 3.8) is 0 Å². The third-order valence-electron chi connectivity index (χ3n) is 5.81. The predicted octanol–water partition coefficient (Wildman–Crippen LogP) is 4.00. The van der Waals surface area contributed by atoms with Gasteiger partial charge in [-0.2, -0.15) is 5.10 Å². The van der Waals surface area contributed by atoms with Crippen molar-refractivity contribution in [2.45, 2.75) is 38.5 Å². The molecule has 0 bridgehead atoms. The van der Waals surface area contributed by atoms with Crippen molar-refractivity contribution in [1.82, 2.24) is 30.1 Å². The first-order chi connectivity index (χ1) is 15.7. The fourth-order valence-corrected chi connectivity index (χ4v) is 3.95. The summed E-state index contributed by atoms with van der Waals surface area (Å²) in [6.45, 7) is 2.61. The van der Waals surface area contributed by atoms with Crippen LogP contribution in [0.1, 0.15) is 52.6 Å². The summed E-state index contributed by atoms with van der Waals surface area (Å²) in [5, 5.41) is 16.2. The number of nitrogens with zero attached hydrogens (tertiary/aromatic N) is 5. The Labute approximate surface area is 187 Å². The van der Waals surface area contributed by atoms with Gasteiger partial charge >= 0.3 is 0 Å². The molecular formula is C25H26N6O. The molecule has 0 unspecified atom stereocenters. The standard InChI is InChI=1S/C25H26N6O/c1-18-20(17-30(28-18)21-10-4-2-5-11-21)9-8-16-26-25(32)23-24(19-14-15-19)31(29-27-23)22-12-6-3-7-13-22/h2-7,10-13,17,19H,8-9,14-16H2,1H3,(H,26,32). The Morgan fingerprint density at radius 3 is 2.41 bits per heavy atom. The summed E-state index contributed by atoms with van der Waals surface area (Å²) in [5.41, 5.74) is 5.56. The van der Waals surface area contributed by atoms with E-state index in [1.54, 1.807) is 0 Å². The van der Waals surface area contributed by atoms with E-state index in [1.165, 1.54) is 5.56 Å². The van der Waals surface area contributed by atoms with Crippen LogP contribution < -0.4 is 5.32 Å². The summed E-state index contributed by atoms with van der Waals surface area (Å²) < 4.78 is 3.72. The highest BCUT2D eigenvalue weighted by molar-refractivity contribution is 5.93. The Morgan fingerprint density at radius 1 is 1.03 bits per heavy atom. The number of rotatable bonds is 8. The first-order valence-electron chi connectivity index (χ1n) is 11.1. The van der Waals surface area contributed by atoms with Crippen LogP contribution in [0.5, 0.6) is 0 Å². The number of amides is 1. The van der Waals surface area contributed by atoms with Crippen LogP contribution in [0.2, 0.25) is 0 Å². The van der Waals surface area contributed by atoms with E-state index in [-0.39, 0.29) is 5.91 Å². The normalized spacial score (nSPS) is 13.3. The summed E-state index contributed by atoms with van der Waals surface area (Å²) in [7, 11) is 0. The summed E-state index contributed by atoms with van der Waals surface area (Å²) in [6, 6.07) is 20.0. The molecule has 0 aliphatic heterocycles. The predicted molar refractivity (Wildman–Crippen MR) is 122 cm³/mol. The van der Waals surface area contributed by atoms with Crippen LogP contribution in [0.25, 0.3) is 11.4 Å². The Bertz CT molecular complexity index is 1210. The molecule has 1 fully saturated rings. The van der Waals surface area contributed by atoms with Gasteiger partial charge in [-0.1, -0.05) is 41.6 Å². The van der Waals surface area contributed by atoms with Gasteiger partial charge in [0.15, 0.2) is 5.69 Å². The second kappa shape index (κ2) is 8.78. The molecule has 4 aromatic rings. The Balaban J connectivity index is 1.21. The molecule has 5 rings (SSSR count). The van der Waals surface area contributed by atoms with Crippen LogP contribution in [0.4, 0.5) is 0 Å². The molecular weight excluding hydrogens is 400 g/mol. The summed E-state index contributed by atoms with van der Waals surface area (Å²) in [6.07, 6.45) is 5.91. The number of hydrogen-bond donors (Lipinski definition) is 1. The van der Waals surface area contributed by atoms with Crippen molar-refractivity contribution < 1.29 is 4.79 Å². The van der Waals surface area contributed by atoms with Gasteiger partial charge in [0.1, 0.15) is 0 Å². The van der Waals surface area contributed by atoms with Crippen LogP contribution >= 0.6 is 0 Å². The smallest absolute Gasteiger partial charge is 0.273 e. The molecule has 7 nitrogen and oxygen atoms in total. The Kier molecular flexibility index (Phi) is 5.54. The number of benzene rings is 2. The fourth-order valence-electron chi connectivity index (χ4n) is 3.95. The van der Waals surface area contributed by atoms with Crippen molar-refractivity contribution in [3.8, 4) is 11.4 Å². The molecule has 1 amide bonds. The second-order valence-electron chi connectivity index (χ2n) is 8.22. The minimum atomic E-state index is -0.147. The second-order valence-corrected chi connectivity index (χ2v) is 8.22. The summed E-state index contributed by atoms with van der Waals surface area (Å²) >= 11 is 0. The first kappa shape index (κ1) is 20.2. The monoisotopic (exact) mass is 426 g/mol. The number of hydrogen-bond acceptors (Lipinski definition) is 4. The fraction of sp³-hybridized carbons (Fsp3) is 0.280. The van der Waals surface area contributed by atoms with Crippen molar-refractivity contribution in [2.24, 2.45) is 0 Å². The highest BCUT2D eigenvalue weighted by Gasteiger charge is 2.34. The quantitative estimate of drug-likeness (QED) is 0.432. The molecule has 2 heterocycles. The van der Waals surface area contributed by atoms with Gasteiger partial charge in [-0.05, 0) is 62.4 Å². The highest BCUT2D eigenvalue weighted by atomic mass is 16.2. The van der Waals surface area contributed by atoms with E-state index in [9.17, 15) is 4.79 Å². The molecule has 7 heteroatoms. The zero-order valence-corrected chi connectivity index (χ0v) is 18.1. The zero-order chi connectivity index (χ0) is 21.9. The lowest BCUT2D eigenvalue weighted by atomic mass is 10.1. The molecule has 0 atom stereocenters. The maximum atomic E-state index is 12.9. The Morgan fingerprint density at radius 2 is 1.72 bits per heavy atom. The minimum absolute atomic E-state index is 0.147. The van der Waals surface area contributed by atoms with E-state index in [0.717, 1.165) is 48.4 Å². The average molecular weight is 427 g/mol. The van der Waals surface area contributed by atoms with Gasteiger partial charge in [0.2, 0.25) is 0 Å². The van der Waals surface area contributed by atoms with E-state index in [1.807, 2.05) is 77.0 Å². The molecule has 1 N–H and O–H groups in total. The van der Waals surface area contributed by atoms with E-state index in [2.05, 4.69) is 26.9 Å². The van der Waals surface area contributed by atoms with Crippen molar-refractivity contribution in [1.29, 1.82) is 0 Å². The van der Waals surface area contributed by atoms with Crippen molar-refractivity contribution >= 4 is 5.91 Å². The van der Waals surface area contributed by atoms with E-state index in [0.29, 0.717) is 18.2 Å². The van der Waals surface area contributed by atoms with Gasteiger partial charge in [0, 0.05) is 18.7 Å². The number of aryl methyl sites for hydroxylation is 2. The molecule has 0 radical (unpaired) electrons. The largest absolute Gasteiger partial charge is 0.351 e. The van der Waals surface area contributed by atoms with Crippen molar-refractivity contribution in [3.05, 3.63) is 89.5 Å². The molecule has 1 aliphatic rings. The van der Waals surface area contributed by atoms with Crippen LogP contribution in [-0.2, 0) is 6.42 Å². The maximum Gasteiger partial charge on any atom is 0.273 e. The molecule has 1 saturated carbocycles. The van der Waals surface area contributed by atoms with Gasteiger partial charge in [0.25, 0.3) is 5.91 Å². The number of para-hydroxylation sites is 2. The van der Waals surface area contributed by atoms with E-state index in [4.69, 9.17) is 0 Å². The number of nitrogens with one attached hydrogen (secondary N) is 1. The molecule has 2 aromatic carbocycles. The lowest BCUT2D eigenvalue weighted by Gasteiger charge is -2.07. The first-order valence-corrected chi connectivity index (χ1v) is 11.1. The molecule has 32 heavy (non-hydrogen) atoms. The molecule has 162 valence electrons. The van der Waals surface area contributed by atoms with Gasteiger partial charge in [-0.15, -0.1) is 5.10 Å². The van der Waals surface area contributed by atoms with E-state index >= 15 is 0 Å². The number of carbonyl (C=O) groups excluding carboxylic acids is 1. The summed E-state index contributed by atoms with van der Waals surface area (Å²) in [4.78, 5) is 12.9.